The summed E-state index contributed by atoms with van der Waals surface area (Å²) in [4.78, 5) is 4.57. The first-order valence-electron chi connectivity index (χ1n) is 13.5. The highest BCUT2D eigenvalue weighted by Crippen LogP contribution is 2.41. The maximum atomic E-state index is 14.8. The normalized spacial score (nSPS) is 11.7. The van der Waals surface area contributed by atoms with Crippen LogP contribution in [0.2, 0.25) is 0 Å². The SMILES string of the molecule is Cc1cc(-c2ccc(-n3ccc(C(F)(F)F)n3)c(-c3oc(C(C)C)nc3-c3ccc(OC(F)(F)F)cc3)c2)cc(F)c1CO.O=S=O. The van der Waals surface area contributed by atoms with E-state index in [1.807, 2.05) is 0 Å². The molecule has 8 nitrogen and oxygen atoms in total. The van der Waals surface area contributed by atoms with Crippen LogP contribution in [0.3, 0.4) is 0 Å². The summed E-state index contributed by atoms with van der Waals surface area (Å²) in [5, 5.41) is 13.2. The number of oxazole rings is 1. The van der Waals surface area contributed by atoms with Gasteiger partial charge in [-0.15, -0.1) is 13.2 Å². The Balaban J connectivity index is 0.00000160. The molecule has 0 fully saturated rings. The van der Waals surface area contributed by atoms with Crippen LogP contribution in [0.4, 0.5) is 30.7 Å². The third kappa shape index (κ3) is 8.13. The summed E-state index contributed by atoms with van der Waals surface area (Å²) in [5.41, 5.74) is 1.29. The number of ether oxygens (including phenoxy) is 1. The van der Waals surface area contributed by atoms with Crippen molar-refractivity contribution < 1.29 is 53.4 Å². The highest BCUT2D eigenvalue weighted by Gasteiger charge is 2.34. The molecule has 0 saturated carbocycles. The Hall–Kier alpha value is -4.83. The van der Waals surface area contributed by atoms with Crippen molar-refractivity contribution in [3.8, 4) is 45.1 Å². The molecule has 47 heavy (non-hydrogen) atoms. The monoisotopic (exact) mass is 683 g/mol. The average molecular weight is 684 g/mol. The van der Waals surface area contributed by atoms with Crippen LogP contribution >= 0.6 is 0 Å². The van der Waals surface area contributed by atoms with Gasteiger partial charge in [0.2, 0.25) is 0 Å². The highest BCUT2D eigenvalue weighted by atomic mass is 32.1. The molecule has 0 aliphatic carbocycles. The molecule has 0 aliphatic rings. The second kappa shape index (κ2) is 13.9. The maximum Gasteiger partial charge on any atom is 0.573 e. The molecule has 2 aromatic heterocycles. The van der Waals surface area contributed by atoms with Crippen LogP contribution in [-0.2, 0) is 24.4 Å². The molecule has 0 unspecified atom stereocenters. The summed E-state index contributed by atoms with van der Waals surface area (Å²) in [5.74, 6) is -0.987. The van der Waals surface area contributed by atoms with E-state index in [-0.39, 0.29) is 40.1 Å². The van der Waals surface area contributed by atoms with Gasteiger partial charge in [-0.1, -0.05) is 26.0 Å². The first-order chi connectivity index (χ1) is 22.1. The minimum Gasteiger partial charge on any atom is -0.440 e. The maximum absolute atomic E-state index is 14.8. The molecule has 0 amide bonds. The van der Waals surface area contributed by atoms with Crippen molar-refractivity contribution in [1.82, 2.24) is 14.8 Å². The van der Waals surface area contributed by atoms with Crippen LogP contribution in [0, 0.1) is 12.7 Å². The Labute approximate surface area is 266 Å². The van der Waals surface area contributed by atoms with Gasteiger partial charge in [-0.25, -0.2) is 14.1 Å². The number of alkyl halides is 6. The van der Waals surface area contributed by atoms with E-state index in [0.717, 1.165) is 29.1 Å². The van der Waals surface area contributed by atoms with Crippen LogP contribution in [-0.4, -0.2) is 34.7 Å². The Morgan fingerprint density at radius 3 is 2.11 bits per heavy atom. The van der Waals surface area contributed by atoms with Crippen molar-refractivity contribution in [3.63, 3.8) is 0 Å². The molecule has 0 aliphatic heterocycles. The lowest BCUT2D eigenvalue weighted by atomic mass is 9.96. The third-order valence-electron chi connectivity index (χ3n) is 6.78. The fourth-order valence-electron chi connectivity index (χ4n) is 4.62. The number of nitrogens with zero attached hydrogens (tertiary/aromatic N) is 3. The lowest BCUT2D eigenvalue weighted by Gasteiger charge is -2.14. The van der Waals surface area contributed by atoms with Crippen LogP contribution in [0.5, 0.6) is 5.75 Å². The first kappa shape index (κ1) is 35.0. The van der Waals surface area contributed by atoms with Gasteiger partial charge >= 0.3 is 24.1 Å². The van der Waals surface area contributed by atoms with Crippen molar-refractivity contribution in [1.29, 1.82) is 0 Å². The number of hydrogen-bond donors (Lipinski definition) is 1. The van der Waals surface area contributed by atoms with Crippen molar-refractivity contribution >= 4 is 11.6 Å². The molecule has 16 heteroatoms. The second-order valence-corrected chi connectivity index (χ2v) is 10.4. The van der Waals surface area contributed by atoms with Gasteiger partial charge in [0.25, 0.3) is 0 Å². The number of aliphatic hydroxyl groups excluding tert-OH is 1. The summed E-state index contributed by atoms with van der Waals surface area (Å²) >= 11 is -0.750. The number of aliphatic hydroxyl groups is 1. The summed E-state index contributed by atoms with van der Waals surface area (Å²) < 4.78 is 121. The van der Waals surface area contributed by atoms with E-state index in [0.29, 0.717) is 22.3 Å². The zero-order chi connectivity index (χ0) is 34.7. The van der Waals surface area contributed by atoms with Gasteiger partial charge < -0.3 is 14.3 Å². The molecule has 2 heterocycles. The molecule has 0 atom stereocenters. The van der Waals surface area contributed by atoms with Crippen molar-refractivity contribution in [2.24, 2.45) is 0 Å². The lowest BCUT2D eigenvalue weighted by Crippen LogP contribution is -2.16. The summed E-state index contributed by atoms with van der Waals surface area (Å²) in [6.07, 6.45) is -8.48. The van der Waals surface area contributed by atoms with Crippen molar-refractivity contribution in [2.45, 2.75) is 45.8 Å². The van der Waals surface area contributed by atoms with E-state index in [1.165, 1.54) is 24.3 Å². The van der Waals surface area contributed by atoms with Gasteiger partial charge in [0.1, 0.15) is 17.3 Å². The lowest BCUT2D eigenvalue weighted by molar-refractivity contribution is -0.274. The minimum absolute atomic E-state index is 0.100. The number of aromatic nitrogens is 3. The summed E-state index contributed by atoms with van der Waals surface area (Å²) in [6.45, 7) is 4.73. The predicted molar refractivity (Wildman–Crippen MR) is 155 cm³/mol. The van der Waals surface area contributed by atoms with E-state index < -0.39 is 48.0 Å². The molecule has 0 saturated heterocycles. The fourth-order valence-corrected chi connectivity index (χ4v) is 4.62. The van der Waals surface area contributed by atoms with Gasteiger partial charge in [-0.2, -0.15) is 26.7 Å². The molecule has 5 aromatic rings. The van der Waals surface area contributed by atoms with Gasteiger partial charge in [0.05, 0.1) is 12.3 Å². The van der Waals surface area contributed by atoms with Crippen LogP contribution in [0.15, 0.2) is 71.3 Å². The zero-order valence-electron chi connectivity index (χ0n) is 24.6. The molecular formula is C31H24F7N3O5S. The van der Waals surface area contributed by atoms with E-state index >= 15 is 0 Å². The van der Waals surface area contributed by atoms with Crippen molar-refractivity contribution in [2.75, 3.05) is 0 Å². The topological polar surface area (TPSA) is 107 Å². The van der Waals surface area contributed by atoms with E-state index in [9.17, 15) is 35.8 Å². The molecule has 1 N–H and O–H groups in total. The average Bonchev–Trinajstić information content (AvgIpc) is 3.66. The van der Waals surface area contributed by atoms with Gasteiger partial charge in [0, 0.05) is 28.8 Å². The summed E-state index contributed by atoms with van der Waals surface area (Å²) in [7, 11) is 0. The first-order valence-corrected chi connectivity index (χ1v) is 14.2. The minimum atomic E-state index is -4.90. The summed E-state index contributed by atoms with van der Waals surface area (Å²) in [6, 6.07) is 13.2. The second-order valence-electron chi connectivity index (χ2n) is 10.3. The van der Waals surface area contributed by atoms with Crippen LogP contribution < -0.4 is 4.74 Å². The number of rotatable bonds is 7. The van der Waals surface area contributed by atoms with E-state index in [2.05, 4.69) is 14.8 Å². The van der Waals surface area contributed by atoms with E-state index in [4.69, 9.17) is 12.8 Å². The number of halogens is 7. The van der Waals surface area contributed by atoms with Crippen LogP contribution in [0.25, 0.3) is 39.4 Å². The molecule has 248 valence electrons. The largest absolute Gasteiger partial charge is 0.573 e. The molecule has 0 spiro atoms. The Morgan fingerprint density at radius 2 is 1.57 bits per heavy atom. The third-order valence-corrected chi connectivity index (χ3v) is 6.78. The van der Waals surface area contributed by atoms with Gasteiger partial charge in [-0.05, 0) is 72.1 Å². The quantitative estimate of drug-likeness (QED) is 0.173. The Morgan fingerprint density at radius 1 is 0.936 bits per heavy atom. The Kier molecular flexibility index (Phi) is 10.3. The smallest absolute Gasteiger partial charge is 0.440 e. The zero-order valence-corrected chi connectivity index (χ0v) is 25.4. The van der Waals surface area contributed by atoms with Gasteiger partial charge in [0.15, 0.2) is 17.3 Å². The molecule has 3 aromatic carbocycles. The molecule has 0 bridgehead atoms. The number of benzene rings is 3. The van der Waals surface area contributed by atoms with Crippen molar-refractivity contribution in [3.05, 3.63) is 95.4 Å². The number of aryl methyl sites for hydroxylation is 1. The number of hydrogen-bond acceptors (Lipinski definition) is 7. The predicted octanol–water partition coefficient (Wildman–Crippen LogP) is 8.17. The van der Waals surface area contributed by atoms with Gasteiger partial charge in [-0.3, -0.25) is 0 Å². The van der Waals surface area contributed by atoms with Crippen LogP contribution in [0.1, 0.15) is 42.5 Å². The van der Waals surface area contributed by atoms with E-state index in [1.54, 1.807) is 39.0 Å². The molecule has 5 rings (SSSR count). The highest BCUT2D eigenvalue weighted by molar-refractivity contribution is 7.51. The molecule has 0 radical (unpaired) electrons. The fraction of sp³-hybridized carbons (Fsp3) is 0.226. The standard InChI is InChI=1S/C31H24F7N3O3.O2S/c1-16(2)29-39-27(18-4-7-21(8-5-18)44-31(36,37)38)28(43-29)22-13-19(20-12-17(3)23(15-42)24(32)14-20)6-9-25(22)41-11-10-26(40-41)30(33,34)35;1-3-2/h4-14,16,42H,15H2,1-3H3;. The Bertz CT molecular complexity index is 1890. The molecular weight excluding hydrogens is 659 g/mol.